The van der Waals surface area contributed by atoms with Crippen LogP contribution in [0.2, 0.25) is 0 Å². The van der Waals surface area contributed by atoms with E-state index in [0.717, 1.165) is 0 Å². The lowest BCUT2D eigenvalue weighted by Gasteiger charge is -2.35. The zero-order valence-corrected chi connectivity index (χ0v) is 14.8. The standard InChI is InChI=1S/C17H20FN5O3/c1-10-8-22(9-11(2)26-10)17-19-12(3)15(23(24)25)16(21-17)20-14-6-4-13(18)5-7-14/h4-7,10-11H,8-9H2,1-3H3,(H,19,20,21)/t10-,11+. The quantitative estimate of drug-likeness (QED) is 0.660. The summed E-state index contributed by atoms with van der Waals surface area (Å²) in [5.74, 6) is 0.0940. The third-order valence-corrected chi connectivity index (χ3v) is 4.04. The monoisotopic (exact) mass is 361 g/mol. The van der Waals surface area contributed by atoms with Crippen LogP contribution in [0.3, 0.4) is 0 Å². The van der Waals surface area contributed by atoms with Gasteiger partial charge in [0.1, 0.15) is 11.5 Å². The van der Waals surface area contributed by atoms with Gasteiger partial charge < -0.3 is 15.0 Å². The maximum atomic E-state index is 13.1. The topological polar surface area (TPSA) is 93.4 Å². The number of halogens is 1. The molecule has 0 spiro atoms. The number of benzene rings is 1. The van der Waals surface area contributed by atoms with Crippen molar-refractivity contribution in [3.05, 3.63) is 45.9 Å². The van der Waals surface area contributed by atoms with Crippen molar-refractivity contribution in [3.63, 3.8) is 0 Å². The molecule has 0 unspecified atom stereocenters. The average Bonchev–Trinajstić information content (AvgIpc) is 2.55. The number of hydrogen-bond acceptors (Lipinski definition) is 7. The molecule has 138 valence electrons. The Kier molecular flexibility index (Phi) is 4.99. The van der Waals surface area contributed by atoms with Gasteiger partial charge in [-0.2, -0.15) is 4.98 Å². The first-order valence-corrected chi connectivity index (χ1v) is 8.29. The van der Waals surface area contributed by atoms with Gasteiger partial charge in [-0.1, -0.05) is 0 Å². The molecule has 1 N–H and O–H groups in total. The fourth-order valence-electron chi connectivity index (χ4n) is 3.01. The molecule has 0 amide bonds. The van der Waals surface area contributed by atoms with Crippen LogP contribution in [0.25, 0.3) is 0 Å². The van der Waals surface area contributed by atoms with Crippen molar-refractivity contribution in [2.45, 2.75) is 33.0 Å². The molecule has 1 aromatic carbocycles. The lowest BCUT2D eigenvalue weighted by Crippen LogP contribution is -2.46. The van der Waals surface area contributed by atoms with E-state index >= 15 is 0 Å². The van der Waals surface area contributed by atoms with Gasteiger partial charge in [0, 0.05) is 18.8 Å². The van der Waals surface area contributed by atoms with E-state index in [2.05, 4.69) is 15.3 Å². The maximum Gasteiger partial charge on any atom is 0.332 e. The fourth-order valence-corrected chi connectivity index (χ4v) is 3.01. The molecular formula is C17H20FN5O3. The van der Waals surface area contributed by atoms with Crippen molar-refractivity contribution >= 4 is 23.1 Å². The Bertz CT molecular complexity index is 805. The Hall–Kier alpha value is -2.81. The number of nitrogens with one attached hydrogen (secondary N) is 1. The van der Waals surface area contributed by atoms with Crippen molar-refractivity contribution in [3.8, 4) is 0 Å². The highest BCUT2D eigenvalue weighted by atomic mass is 19.1. The molecule has 9 heteroatoms. The van der Waals surface area contributed by atoms with E-state index in [9.17, 15) is 14.5 Å². The van der Waals surface area contributed by atoms with E-state index in [4.69, 9.17) is 4.74 Å². The van der Waals surface area contributed by atoms with E-state index in [1.165, 1.54) is 24.3 Å². The highest BCUT2D eigenvalue weighted by molar-refractivity contribution is 5.68. The molecule has 0 saturated carbocycles. The number of aromatic nitrogens is 2. The lowest BCUT2D eigenvalue weighted by molar-refractivity contribution is -0.385. The normalized spacial score (nSPS) is 20.1. The lowest BCUT2D eigenvalue weighted by atomic mass is 10.2. The minimum absolute atomic E-state index is 0.00589. The summed E-state index contributed by atoms with van der Waals surface area (Å²) in [4.78, 5) is 21.6. The van der Waals surface area contributed by atoms with Gasteiger partial charge in [0.25, 0.3) is 0 Å². The summed E-state index contributed by atoms with van der Waals surface area (Å²) in [7, 11) is 0. The van der Waals surface area contributed by atoms with E-state index in [-0.39, 0.29) is 35.2 Å². The first kappa shape index (κ1) is 18.0. The van der Waals surface area contributed by atoms with E-state index in [0.29, 0.717) is 24.7 Å². The van der Waals surface area contributed by atoms with Gasteiger partial charge in [-0.15, -0.1) is 0 Å². The first-order valence-electron chi connectivity index (χ1n) is 8.29. The molecule has 1 aromatic heterocycles. The molecule has 0 aliphatic carbocycles. The second-order valence-corrected chi connectivity index (χ2v) is 6.36. The smallest absolute Gasteiger partial charge is 0.332 e. The van der Waals surface area contributed by atoms with Gasteiger partial charge >= 0.3 is 5.69 Å². The highest BCUT2D eigenvalue weighted by Gasteiger charge is 2.28. The van der Waals surface area contributed by atoms with E-state index in [1.54, 1.807) is 6.92 Å². The Morgan fingerprint density at radius 3 is 2.42 bits per heavy atom. The largest absolute Gasteiger partial charge is 0.372 e. The number of nitrogens with zero attached hydrogens (tertiary/aromatic N) is 4. The molecule has 8 nitrogen and oxygen atoms in total. The number of anilines is 3. The zero-order chi connectivity index (χ0) is 18.8. The second-order valence-electron chi connectivity index (χ2n) is 6.36. The van der Waals surface area contributed by atoms with Crippen LogP contribution in [0.15, 0.2) is 24.3 Å². The first-order chi connectivity index (χ1) is 12.3. The summed E-state index contributed by atoms with van der Waals surface area (Å²) < 4.78 is 18.8. The molecule has 26 heavy (non-hydrogen) atoms. The highest BCUT2D eigenvalue weighted by Crippen LogP contribution is 2.31. The van der Waals surface area contributed by atoms with Crippen LogP contribution in [0, 0.1) is 22.9 Å². The van der Waals surface area contributed by atoms with Crippen molar-refractivity contribution in [2.75, 3.05) is 23.3 Å². The minimum Gasteiger partial charge on any atom is -0.372 e. The SMILES string of the molecule is Cc1nc(N2C[C@@H](C)O[C@@H](C)C2)nc(Nc2ccc(F)cc2)c1[N+](=O)[O-]. The number of ether oxygens (including phenoxy) is 1. The zero-order valence-electron chi connectivity index (χ0n) is 14.8. The average molecular weight is 361 g/mol. The van der Waals surface area contributed by atoms with Gasteiger partial charge in [-0.25, -0.2) is 9.37 Å². The Morgan fingerprint density at radius 1 is 1.23 bits per heavy atom. The van der Waals surface area contributed by atoms with Gasteiger partial charge in [0.2, 0.25) is 11.8 Å². The third-order valence-electron chi connectivity index (χ3n) is 4.04. The Labute approximate surface area is 150 Å². The Balaban J connectivity index is 1.99. The number of hydrogen-bond donors (Lipinski definition) is 1. The van der Waals surface area contributed by atoms with Gasteiger partial charge in [-0.3, -0.25) is 10.1 Å². The molecule has 3 rings (SSSR count). The Morgan fingerprint density at radius 2 is 1.85 bits per heavy atom. The van der Waals surface area contributed by atoms with Crippen LogP contribution in [-0.4, -0.2) is 40.2 Å². The third kappa shape index (κ3) is 3.88. The molecular weight excluding hydrogens is 341 g/mol. The predicted octanol–water partition coefficient (Wildman–Crippen LogP) is 3.19. The molecule has 1 aliphatic rings. The number of morpholine rings is 1. The second kappa shape index (κ2) is 7.20. The summed E-state index contributed by atoms with van der Waals surface area (Å²) >= 11 is 0. The van der Waals surface area contributed by atoms with Crippen LogP contribution in [0.4, 0.5) is 27.5 Å². The molecule has 1 saturated heterocycles. The molecule has 2 atom stereocenters. The van der Waals surface area contributed by atoms with Crippen molar-refractivity contribution in [2.24, 2.45) is 0 Å². The van der Waals surface area contributed by atoms with Gasteiger partial charge in [0.05, 0.1) is 17.1 Å². The molecule has 0 radical (unpaired) electrons. The van der Waals surface area contributed by atoms with Crippen molar-refractivity contribution in [1.82, 2.24) is 9.97 Å². The molecule has 2 heterocycles. The van der Waals surface area contributed by atoms with Crippen LogP contribution < -0.4 is 10.2 Å². The van der Waals surface area contributed by atoms with Crippen LogP contribution in [0.5, 0.6) is 0 Å². The fraction of sp³-hybridized carbons (Fsp3) is 0.412. The van der Waals surface area contributed by atoms with Crippen LogP contribution >= 0.6 is 0 Å². The number of nitro groups is 1. The van der Waals surface area contributed by atoms with Crippen molar-refractivity contribution < 1.29 is 14.1 Å². The van der Waals surface area contributed by atoms with E-state index in [1.807, 2.05) is 18.7 Å². The maximum absolute atomic E-state index is 13.1. The summed E-state index contributed by atoms with van der Waals surface area (Å²) in [6, 6.07) is 5.53. The van der Waals surface area contributed by atoms with Gasteiger partial charge in [0.15, 0.2) is 0 Å². The van der Waals surface area contributed by atoms with Crippen LogP contribution in [-0.2, 0) is 4.74 Å². The minimum atomic E-state index is -0.518. The van der Waals surface area contributed by atoms with Gasteiger partial charge in [-0.05, 0) is 45.0 Å². The molecule has 2 aromatic rings. The molecule has 1 aliphatic heterocycles. The number of aryl methyl sites for hydroxylation is 1. The summed E-state index contributed by atoms with van der Waals surface area (Å²) in [5, 5.41) is 14.4. The summed E-state index contributed by atoms with van der Waals surface area (Å²) in [6.07, 6.45) is 0.0118. The van der Waals surface area contributed by atoms with Crippen LogP contribution in [0.1, 0.15) is 19.5 Å². The molecule has 0 bridgehead atoms. The summed E-state index contributed by atoms with van der Waals surface area (Å²) in [6.45, 7) is 6.68. The summed E-state index contributed by atoms with van der Waals surface area (Å²) in [5.41, 5.74) is 0.561. The predicted molar refractivity (Wildman–Crippen MR) is 95.3 cm³/mol. The van der Waals surface area contributed by atoms with E-state index < -0.39 is 4.92 Å². The number of rotatable bonds is 4. The molecule has 1 fully saturated rings. The van der Waals surface area contributed by atoms with Crippen molar-refractivity contribution in [1.29, 1.82) is 0 Å².